The lowest BCUT2D eigenvalue weighted by atomic mass is 10.3. The minimum Gasteiger partial charge on any atom is -0.481 e. The van der Waals surface area contributed by atoms with Gasteiger partial charge in [-0.1, -0.05) is 23.2 Å². The van der Waals surface area contributed by atoms with Gasteiger partial charge in [0, 0.05) is 0 Å². The molecule has 1 unspecified atom stereocenters. The number of thiophene rings is 1. The number of hydrazine groups is 1. The fraction of sp³-hybridized carbons (Fsp3) is 0.143. The minimum absolute atomic E-state index is 0.161. The van der Waals surface area contributed by atoms with Gasteiger partial charge in [-0.25, -0.2) is 4.39 Å². The molecule has 0 bridgehead atoms. The summed E-state index contributed by atoms with van der Waals surface area (Å²) in [4.78, 5) is 23.7. The monoisotopic (exact) mass is 376 g/mol. The Kier molecular flexibility index (Phi) is 5.81. The molecule has 1 heterocycles. The fourth-order valence-electron chi connectivity index (χ4n) is 1.55. The summed E-state index contributed by atoms with van der Waals surface area (Å²) in [6, 6.07) is 6.61. The molecule has 0 aliphatic rings. The van der Waals surface area contributed by atoms with E-state index in [4.69, 9.17) is 27.9 Å². The third-order valence-corrected chi connectivity index (χ3v) is 4.18. The predicted octanol–water partition coefficient (Wildman–Crippen LogP) is 3.42. The van der Waals surface area contributed by atoms with E-state index in [-0.39, 0.29) is 9.90 Å². The highest BCUT2D eigenvalue weighted by atomic mass is 35.5. The first-order valence-corrected chi connectivity index (χ1v) is 7.91. The molecule has 122 valence electrons. The second-order valence-corrected chi connectivity index (χ2v) is 6.68. The van der Waals surface area contributed by atoms with Crippen LogP contribution in [0.2, 0.25) is 8.67 Å². The summed E-state index contributed by atoms with van der Waals surface area (Å²) in [5.74, 6) is -1.26. The van der Waals surface area contributed by atoms with Crippen LogP contribution in [-0.2, 0) is 4.79 Å². The molecule has 0 radical (unpaired) electrons. The standard InChI is InChI=1S/C14H11Cl2FN2O3S/c1-7(22-9-4-2-8(17)3-5-9)13(20)18-19-14(21)10-6-11(15)23-12(10)16/h2-7H,1H3,(H,18,20)(H,19,21). The summed E-state index contributed by atoms with van der Waals surface area (Å²) in [6.45, 7) is 1.49. The summed E-state index contributed by atoms with van der Waals surface area (Å²) < 4.78 is 18.7. The molecule has 0 aliphatic heterocycles. The Hall–Kier alpha value is -1.83. The Morgan fingerprint density at radius 3 is 2.43 bits per heavy atom. The minimum atomic E-state index is -0.901. The van der Waals surface area contributed by atoms with Crippen LogP contribution in [0.25, 0.3) is 0 Å². The average molecular weight is 377 g/mol. The molecule has 0 fully saturated rings. The molecule has 0 aliphatic carbocycles. The zero-order valence-electron chi connectivity index (χ0n) is 11.7. The van der Waals surface area contributed by atoms with E-state index >= 15 is 0 Å². The number of hydrogen-bond donors (Lipinski definition) is 2. The van der Waals surface area contributed by atoms with Crippen molar-refractivity contribution in [2.24, 2.45) is 0 Å². The van der Waals surface area contributed by atoms with E-state index in [1.165, 1.54) is 37.3 Å². The molecular weight excluding hydrogens is 366 g/mol. The van der Waals surface area contributed by atoms with Gasteiger partial charge in [-0.2, -0.15) is 0 Å². The quantitative estimate of drug-likeness (QED) is 0.803. The molecule has 1 atom stereocenters. The highest BCUT2D eigenvalue weighted by Gasteiger charge is 2.18. The molecule has 9 heteroatoms. The van der Waals surface area contributed by atoms with E-state index in [2.05, 4.69) is 10.9 Å². The molecule has 2 aromatic rings. The van der Waals surface area contributed by atoms with Crippen LogP contribution in [0.15, 0.2) is 30.3 Å². The summed E-state index contributed by atoms with van der Waals surface area (Å²) in [6.07, 6.45) is -0.901. The number of halogens is 3. The van der Waals surface area contributed by atoms with Gasteiger partial charge in [0.05, 0.1) is 9.90 Å². The van der Waals surface area contributed by atoms with Crippen molar-refractivity contribution in [3.8, 4) is 5.75 Å². The molecule has 0 spiro atoms. The van der Waals surface area contributed by atoms with Crippen molar-refractivity contribution < 1.29 is 18.7 Å². The lowest BCUT2D eigenvalue weighted by Crippen LogP contribution is -2.47. The van der Waals surface area contributed by atoms with Crippen LogP contribution >= 0.6 is 34.5 Å². The second-order valence-electron chi connectivity index (χ2n) is 4.40. The largest absolute Gasteiger partial charge is 0.481 e. The number of amides is 2. The maximum atomic E-state index is 12.8. The highest BCUT2D eigenvalue weighted by molar-refractivity contribution is 7.20. The first-order valence-electron chi connectivity index (χ1n) is 6.34. The third-order valence-electron chi connectivity index (χ3n) is 2.70. The molecular formula is C14H11Cl2FN2O3S. The van der Waals surface area contributed by atoms with Gasteiger partial charge in [0.1, 0.15) is 15.9 Å². The number of benzene rings is 1. The van der Waals surface area contributed by atoms with Crippen molar-refractivity contribution in [3.05, 3.63) is 50.4 Å². The fourth-order valence-corrected chi connectivity index (χ4v) is 3.01. The van der Waals surface area contributed by atoms with Gasteiger partial charge >= 0.3 is 0 Å². The van der Waals surface area contributed by atoms with Crippen molar-refractivity contribution in [1.29, 1.82) is 0 Å². The van der Waals surface area contributed by atoms with Gasteiger partial charge in [0.2, 0.25) is 0 Å². The Morgan fingerprint density at radius 1 is 1.22 bits per heavy atom. The Balaban J connectivity index is 1.87. The maximum Gasteiger partial charge on any atom is 0.279 e. The molecule has 1 aromatic heterocycles. The second kappa shape index (κ2) is 7.63. The van der Waals surface area contributed by atoms with Gasteiger partial charge in [-0.15, -0.1) is 11.3 Å². The maximum absolute atomic E-state index is 12.8. The SMILES string of the molecule is CC(Oc1ccc(F)cc1)C(=O)NNC(=O)c1cc(Cl)sc1Cl. The van der Waals surface area contributed by atoms with Crippen LogP contribution in [0.1, 0.15) is 17.3 Å². The number of ether oxygens (including phenoxy) is 1. The zero-order chi connectivity index (χ0) is 17.0. The number of hydrogen-bond acceptors (Lipinski definition) is 4. The van der Waals surface area contributed by atoms with Crippen LogP contribution < -0.4 is 15.6 Å². The van der Waals surface area contributed by atoms with Crippen molar-refractivity contribution in [2.75, 3.05) is 0 Å². The smallest absolute Gasteiger partial charge is 0.279 e. The van der Waals surface area contributed by atoms with E-state index in [9.17, 15) is 14.0 Å². The molecule has 23 heavy (non-hydrogen) atoms. The van der Waals surface area contributed by atoms with Gasteiger partial charge in [0.25, 0.3) is 11.8 Å². The summed E-state index contributed by atoms with van der Waals surface area (Å²) in [5, 5.41) is 0. The van der Waals surface area contributed by atoms with Gasteiger partial charge in [-0.05, 0) is 37.3 Å². The van der Waals surface area contributed by atoms with Crippen LogP contribution in [0.5, 0.6) is 5.75 Å². The summed E-state index contributed by atoms with van der Waals surface area (Å²) in [7, 11) is 0. The van der Waals surface area contributed by atoms with E-state index in [0.29, 0.717) is 10.1 Å². The van der Waals surface area contributed by atoms with Crippen molar-refractivity contribution >= 4 is 46.4 Å². The molecule has 1 aromatic carbocycles. The number of rotatable bonds is 4. The molecule has 0 saturated carbocycles. The Labute approximate surface area is 145 Å². The number of carbonyl (C=O) groups excluding carboxylic acids is 2. The molecule has 2 amide bonds. The van der Waals surface area contributed by atoms with Crippen LogP contribution in [0.4, 0.5) is 4.39 Å². The molecule has 5 nitrogen and oxygen atoms in total. The summed E-state index contributed by atoms with van der Waals surface area (Å²) in [5.41, 5.74) is 4.59. The van der Waals surface area contributed by atoms with Gasteiger partial charge < -0.3 is 4.74 Å². The molecule has 2 rings (SSSR count). The number of carbonyl (C=O) groups is 2. The van der Waals surface area contributed by atoms with E-state index < -0.39 is 23.7 Å². The topological polar surface area (TPSA) is 67.4 Å². The first-order chi connectivity index (χ1) is 10.9. The lowest BCUT2D eigenvalue weighted by molar-refractivity contribution is -0.128. The van der Waals surface area contributed by atoms with Crippen LogP contribution in [0, 0.1) is 5.82 Å². The lowest BCUT2D eigenvalue weighted by Gasteiger charge is -2.15. The van der Waals surface area contributed by atoms with Crippen molar-refractivity contribution in [2.45, 2.75) is 13.0 Å². The van der Waals surface area contributed by atoms with Crippen LogP contribution in [-0.4, -0.2) is 17.9 Å². The molecule has 2 N–H and O–H groups in total. The zero-order valence-corrected chi connectivity index (χ0v) is 14.1. The molecule has 0 saturated heterocycles. The Bertz CT molecular complexity index is 721. The Morgan fingerprint density at radius 2 is 1.87 bits per heavy atom. The van der Waals surface area contributed by atoms with Crippen LogP contribution in [0.3, 0.4) is 0 Å². The van der Waals surface area contributed by atoms with E-state index in [1.807, 2.05) is 0 Å². The van der Waals surface area contributed by atoms with Crippen molar-refractivity contribution in [1.82, 2.24) is 10.9 Å². The summed E-state index contributed by atoms with van der Waals surface area (Å²) >= 11 is 12.6. The third kappa shape index (κ3) is 4.82. The van der Waals surface area contributed by atoms with E-state index in [0.717, 1.165) is 11.3 Å². The average Bonchev–Trinajstić information content (AvgIpc) is 2.85. The number of nitrogens with one attached hydrogen (secondary N) is 2. The predicted molar refractivity (Wildman–Crippen MR) is 86.4 cm³/mol. The van der Waals surface area contributed by atoms with Crippen molar-refractivity contribution in [3.63, 3.8) is 0 Å². The first kappa shape index (κ1) is 17.5. The highest BCUT2D eigenvalue weighted by Crippen LogP contribution is 2.30. The normalized spacial score (nSPS) is 11.7. The van der Waals surface area contributed by atoms with Gasteiger partial charge in [-0.3, -0.25) is 20.4 Å². The van der Waals surface area contributed by atoms with Gasteiger partial charge in [0.15, 0.2) is 6.10 Å². The van der Waals surface area contributed by atoms with E-state index in [1.54, 1.807) is 0 Å².